The van der Waals surface area contributed by atoms with Gasteiger partial charge >= 0.3 is 5.97 Å². The highest BCUT2D eigenvalue weighted by atomic mass is 19.1. The molecular formula is C15H15FN2O2. The molecule has 2 aromatic rings. The van der Waals surface area contributed by atoms with Gasteiger partial charge in [0.15, 0.2) is 0 Å². The van der Waals surface area contributed by atoms with Crippen molar-refractivity contribution in [2.45, 2.75) is 6.92 Å². The predicted octanol–water partition coefficient (Wildman–Crippen LogP) is 2.80. The van der Waals surface area contributed by atoms with Crippen molar-refractivity contribution >= 4 is 11.5 Å². The molecule has 0 spiro atoms. The molecule has 0 N–H and O–H groups in total. The first-order valence-electron chi connectivity index (χ1n) is 6.06. The molecule has 1 heterocycles. The lowest BCUT2D eigenvalue weighted by Crippen LogP contribution is -1.96. The maximum atomic E-state index is 13.9. The second-order valence-corrected chi connectivity index (χ2v) is 4.45. The highest BCUT2D eigenvalue weighted by Crippen LogP contribution is 2.26. The van der Waals surface area contributed by atoms with Crippen LogP contribution in [0.3, 0.4) is 0 Å². The van der Waals surface area contributed by atoms with Gasteiger partial charge in [0.2, 0.25) is 0 Å². The number of aryl methyl sites for hydroxylation is 1. The number of benzene rings is 1. The molecule has 2 rings (SSSR count). The van der Waals surface area contributed by atoms with Gasteiger partial charge in [-0.05, 0) is 30.2 Å². The summed E-state index contributed by atoms with van der Waals surface area (Å²) in [6.07, 6.45) is 4.71. The molecule has 0 atom stereocenters. The van der Waals surface area contributed by atoms with Crippen LogP contribution in [0.5, 0.6) is 0 Å². The fraction of sp³-hybridized carbons (Fsp3) is 0.200. The maximum Gasteiger partial charge on any atom is 0.330 e. The topological polar surface area (TPSA) is 44.1 Å². The van der Waals surface area contributed by atoms with E-state index in [4.69, 9.17) is 0 Å². The second-order valence-electron chi connectivity index (χ2n) is 4.45. The third kappa shape index (κ3) is 2.93. The monoisotopic (exact) mass is 274 g/mol. The van der Waals surface area contributed by atoms with Gasteiger partial charge in [0.1, 0.15) is 5.82 Å². The summed E-state index contributed by atoms with van der Waals surface area (Å²) < 4.78 is 20.1. The van der Waals surface area contributed by atoms with Crippen LogP contribution in [0.15, 0.2) is 36.7 Å². The molecule has 0 aliphatic rings. The van der Waals surface area contributed by atoms with Gasteiger partial charge in [-0.15, -0.1) is 0 Å². The average molecular weight is 274 g/mol. The van der Waals surface area contributed by atoms with Gasteiger partial charge in [-0.3, -0.25) is 4.68 Å². The molecule has 0 bridgehead atoms. The van der Waals surface area contributed by atoms with E-state index in [9.17, 15) is 9.18 Å². The zero-order valence-corrected chi connectivity index (χ0v) is 11.6. The Morgan fingerprint density at radius 1 is 1.45 bits per heavy atom. The molecule has 1 aromatic carbocycles. The van der Waals surface area contributed by atoms with E-state index in [0.717, 1.165) is 5.56 Å². The molecule has 0 unspecified atom stereocenters. The Kier molecular flexibility index (Phi) is 3.98. The highest BCUT2D eigenvalue weighted by Gasteiger charge is 2.09. The van der Waals surface area contributed by atoms with Crippen LogP contribution < -0.4 is 0 Å². The SMILES string of the molecule is COC(=O)/C=C(\C)c1ccc(F)c(-c2cnn(C)c2)c1. The first kappa shape index (κ1) is 14.0. The zero-order chi connectivity index (χ0) is 14.7. The molecule has 0 aliphatic carbocycles. The molecule has 0 fully saturated rings. The van der Waals surface area contributed by atoms with E-state index in [1.807, 2.05) is 0 Å². The second kappa shape index (κ2) is 5.69. The molecular weight excluding hydrogens is 259 g/mol. The quantitative estimate of drug-likeness (QED) is 0.638. The van der Waals surface area contributed by atoms with Gasteiger partial charge in [0, 0.05) is 30.4 Å². The summed E-state index contributed by atoms with van der Waals surface area (Å²) in [5.41, 5.74) is 2.61. The summed E-state index contributed by atoms with van der Waals surface area (Å²) >= 11 is 0. The van der Waals surface area contributed by atoms with Crippen LogP contribution >= 0.6 is 0 Å². The number of ether oxygens (including phenoxy) is 1. The standard InChI is InChI=1S/C15H15FN2O2/c1-10(6-15(19)20-3)11-4-5-14(16)13(7-11)12-8-17-18(2)9-12/h4-9H,1-3H3/b10-6+. The number of rotatable bonds is 3. The lowest BCUT2D eigenvalue weighted by Gasteiger charge is -2.06. The number of carbonyl (C=O) groups excluding carboxylic acids is 1. The van der Waals surface area contributed by atoms with E-state index in [2.05, 4.69) is 9.84 Å². The average Bonchev–Trinajstić information content (AvgIpc) is 2.85. The number of halogens is 1. The number of esters is 1. The van der Waals surface area contributed by atoms with Gasteiger partial charge in [0.25, 0.3) is 0 Å². The molecule has 20 heavy (non-hydrogen) atoms. The van der Waals surface area contributed by atoms with E-state index in [-0.39, 0.29) is 5.82 Å². The van der Waals surface area contributed by atoms with Crippen LogP contribution in [-0.2, 0) is 16.6 Å². The Balaban J connectivity index is 2.43. The van der Waals surface area contributed by atoms with Gasteiger partial charge in [-0.25, -0.2) is 9.18 Å². The van der Waals surface area contributed by atoms with Gasteiger partial charge < -0.3 is 4.74 Å². The number of carbonyl (C=O) groups is 1. The molecule has 0 saturated heterocycles. The van der Waals surface area contributed by atoms with Gasteiger partial charge in [0.05, 0.1) is 13.3 Å². The fourth-order valence-corrected chi connectivity index (χ4v) is 1.87. The molecule has 0 amide bonds. The Morgan fingerprint density at radius 3 is 2.80 bits per heavy atom. The summed E-state index contributed by atoms with van der Waals surface area (Å²) in [6.45, 7) is 1.77. The molecule has 0 radical (unpaired) electrons. The van der Waals surface area contributed by atoms with E-state index in [1.165, 1.54) is 19.3 Å². The van der Waals surface area contributed by atoms with Crippen molar-refractivity contribution < 1.29 is 13.9 Å². The van der Waals surface area contributed by atoms with Crippen LogP contribution in [0, 0.1) is 5.82 Å². The Morgan fingerprint density at radius 2 is 2.20 bits per heavy atom. The molecule has 104 valence electrons. The minimum atomic E-state index is -0.435. The number of allylic oxidation sites excluding steroid dienone is 1. The van der Waals surface area contributed by atoms with Crippen molar-refractivity contribution in [2.24, 2.45) is 7.05 Å². The number of aromatic nitrogens is 2. The predicted molar refractivity (Wildman–Crippen MR) is 74.3 cm³/mol. The normalized spacial score (nSPS) is 11.5. The minimum absolute atomic E-state index is 0.326. The molecule has 1 aromatic heterocycles. The summed E-state index contributed by atoms with van der Waals surface area (Å²) in [4.78, 5) is 11.2. The van der Waals surface area contributed by atoms with Crippen molar-refractivity contribution in [1.29, 1.82) is 0 Å². The Bertz CT molecular complexity index is 674. The van der Waals surface area contributed by atoms with Crippen molar-refractivity contribution in [1.82, 2.24) is 9.78 Å². The van der Waals surface area contributed by atoms with Crippen LogP contribution in [0.4, 0.5) is 4.39 Å². The summed E-state index contributed by atoms with van der Waals surface area (Å²) in [6, 6.07) is 4.71. The first-order chi connectivity index (χ1) is 9.51. The molecule has 4 nitrogen and oxygen atoms in total. The lowest BCUT2D eigenvalue weighted by atomic mass is 10.0. The number of hydrogen-bond donors (Lipinski definition) is 0. The third-order valence-corrected chi connectivity index (χ3v) is 2.97. The molecule has 5 heteroatoms. The fourth-order valence-electron chi connectivity index (χ4n) is 1.87. The third-order valence-electron chi connectivity index (χ3n) is 2.97. The van der Waals surface area contributed by atoms with Crippen LogP contribution in [0.25, 0.3) is 16.7 Å². The first-order valence-corrected chi connectivity index (χ1v) is 6.06. The number of hydrogen-bond acceptors (Lipinski definition) is 3. The molecule has 0 saturated carbocycles. The van der Waals surface area contributed by atoms with Gasteiger partial charge in [-0.1, -0.05) is 6.07 Å². The number of nitrogens with zero attached hydrogens (tertiary/aromatic N) is 2. The van der Waals surface area contributed by atoms with Crippen molar-refractivity contribution in [3.63, 3.8) is 0 Å². The van der Waals surface area contributed by atoms with Crippen LogP contribution in [-0.4, -0.2) is 22.9 Å². The zero-order valence-electron chi connectivity index (χ0n) is 11.6. The van der Waals surface area contributed by atoms with Crippen molar-refractivity contribution in [3.8, 4) is 11.1 Å². The van der Waals surface area contributed by atoms with E-state index in [1.54, 1.807) is 43.2 Å². The van der Waals surface area contributed by atoms with E-state index >= 15 is 0 Å². The summed E-state index contributed by atoms with van der Waals surface area (Å²) in [5.74, 6) is -0.762. The summed E-state index contributed by atoms with van der Waals surface area (Å²) in [7, 11) is 3.09. The van der Waals surface area contributed by atoms with Crippen LogP contribution in [0.2, 0.25) is 0 Å². The van der Waals surface area contributed by atoms with E-state index < -0.39 is 5.97 Å². The lowest BCUT2D eigenvalue weighted by molar-refractivity contribution is -0.134. The number of methoxy groups -OCH3 is 1. The highest BCUT2D eigenvalue weighted by molar-refractivity contribution is 5.91. The van der Waals surface area contributed by atoms with Gasteiger partial charge in [-0.2, -0.15) is 5.10 Å². The van der Waals surface area contributed by atoms with Crippen molar-refractivity contribution in [2.75, 3.05) is 7.11 Å². The minimum Gasteiger partial charge on any atom is -0.466 e. The van der Waals surface area contributed by atoms with E-state index in [0.29, 0.717) is 16.7 Å². The smallest absolute Gasteiger partial charge is 0.330 e. The summed E-state index contributed by atoms with van der Waals surface area (Å²) in [5, 5.41) is 4.03. The maximum absolute atomic E-state index is 13.9. The molecule has 0 aliphatic heterocycles. The largest absolute Gasteiger partial charge is 0.466 e. The Labute approximate surface area is 116 Å². The van der Waals surface area contributed by atoms with Crippen LogP contribution in [0.1, 0.15) is 12.5 Å². The van der Waals surface area contributed by atoms with Crippen molar-refractivity contribution in [3.05, 3.63) is 48.0 Å². The Hall–Kier alpha value is -2.43.